The van der Waals surface area contributed by atoms with Gasteiger partial charge in [-0.1, -0.05) is 19.1 Å². The van der Waals surface area contributed by atoms with Crippen LogP contribution >= 0.6 is 0 Å². The third-order valence-electron chi connectivity index (χ3n) is 1.25. The lowest BCUT2D eigenvalue weighted by atomic mass is 10.2. The highest BCUT2D eigenvalue weighted by molar-refractivity contribution is 5.47. The molecule has 0 spiro atoms. The molecule has 0 unspecified atom stereocenters. The van der Waals surface area contributed by atoms with E-state index in [1.54, 1.807) is 12.4 Å². The number of allylic oxidation sites excluding steroid dienone is 1. The minimum atomic E-state index is 1.09. The van der Waals surface area contributed by atoms with E-state index in [4.69, 9.17) is 0 Å². The van der Waals surface area contributed by atoms with Gasteiger partial charge in [0.05, 0.1) is 0 Å². The normalized spacial score (nSPS) is 10.5. The summed E-state index contributed by atoms with van der Waals surface area (Å²) in [5.74, 6) is 0. The van der Waals surface area contributed by atoms with Crippen molar-refractivity contribution in [2.45, 2.75) is 13.3 Å². The highest BCUT2D eigenvalue weighted by atomic mass is 14.6. The van der Waals surface area contributed by atoms with Crippen LogP contribution in [0.2, 0.25) is 0 Å². The number of hydrogen-bond acceptors (Lipinski definition) is 1. The van der Waals surface area contributed by atoms with Crippen LogP contribution in [0.5, 0.6) is 0 Å². The highest BCUT2D eigenvalue weighted by Crippen LogP contribution is 1.99. The third kappa shape index (κ3) is 2.02. The fraction of sp³-hybridized carbons (Fsp3) is 0.222. The number of aromatic nitrogens is 1. The van der Waals surface area contributed by atoms with Crippen molar-refractivity contribution in [2.75, 3.05) is 0 Å². The topological polar surface area (TPSA) is 12.9 Å². The average Bonchev–Trinajstić information content (AvgIpc) is 2.03. The molecule has 0 N–H and O–H groups in total. The predicted octanol–water partition coefficient (Wildman–Crippen LogP) is 2.50. The first kappa shape index (κ1) is 7.00. The van der Waals surface area contributed by atoms with Crippen LogP contribution in [0.3, 0.4) is 0 Å². The second kappa shape index (κ2) is 3.83. The Kier molecular flexibility index (Phi) is 2.68. The van der Waals surface area contributed by atoms with E-state index in [-0.39, 0.29) is 0 Å². The molecule has 0 saturated heterocycles. The van der Waals surface area contributed by atoms with Crippen LogP contribution in [0.25, 0.3) is 6.08 Å². The zero-order valence-electron chi connectivity index (χ0n) is 6.12. The van der Waals surface area contributed by atoms with Crippen LogP contribution in [0.4, 0.5) is 0 Å². The fourth-order valence-corrected chi connectivity index (χ4v) is 0.728. The van der Waals surface area contributed by atoms with Gasteiger partial charge in [0.1, 0.15) is 0 Å². The lowest BCUT2D eigenvalue weighted by Gasteiger charge is -1.87. The van der Waals surface area contributed by atoms with Crippen LogP contribution in [-0.2, 0) is 0 Å². The molecule has 10 heavy (non-hydrogen) atoms. The molecule has 0 aromatic carbocycles. The molecular weight excluding hydrogens is 122 g/mol. The first-order valence-corrected chi connectivity index (χ1v) is 3.50. The van der Waals surface area contributed by atoms with E-state index in [9.17, 15) is 0 Å². The van der Waals surface area contributed by atoms with Crippen molar-refractivity contribution in [3.63, 3.8) is 0 Å². The molecule has 52 valence electrons. The monoisotopic (exact) mass is 133 g/mol. The molecule has 0 fully saturated rings. The lowest BCUT2D eigenvalue weighted by Crippen LogP contribution is -1.71. The first-order valence-electron chi connectivity index (χ1n) is 3.50. The largest absolute Gasteiger partial charge is 0.265 e. The molecule has 1 aromatic heterocycles. The Morgan fingerprint density at radius 1 is 1.40 bits per heavy atom. The average molecular weight is 133 g/mol. The van der Waals surface area contributed by atoms with Gasteiger partial charge in [-0.25, -0.2) is 0 Å². The van der Waals surface area contributed by atoms with Gasteiger partial charge in [-0.05, 0) is 24.1 Å². The molecular formula is C9H11N. The van der Waals surface area contributed by atoms with E-state index in [0.717, 1.165) is 6.42 Å². The highest BCUT2D eigenvalue weighted by Gasteiger charge is 1.79. The quantitative estimate of drug-likeness (QED) is 0.604. The Morgan fingerprint density at radius 3 is 2.70 bits per heavy atom. The molecule has 0 saturated carbocycles. The van der Waals surface area contributed by atoms with Crippen molar-refractivity contribution in [1.82, 2.24) is 4.98 Å². The van der Waals surface area contributed by atoms with Crippen LogP contribution in [-0.4, -0.2) is 4.98 Å². The standard InChI is InChI=1S/C9H11N/c1-2-3-4-9-5-7-10-8-6-9/h3-8H,2H2,1H3/b4-3-. The maximum absolute atomic E-state index is 3.92. The SMILES string of the molecule is CC/C=C\c1ccncc1. The molecule has 1 nitrogen and oxygen atoms in total. The van der Waals surface area contributed by atoms with Gasteiger partial charge >= 0.3 is 0 Å². The molecule has 0 aliphatic heterocycles. The van der Waals surface area contributed by atoms with E-state index in [1.807, 2.05) is 12.1 Å². The molecule has 0 bridgehead atoms. The van der Waals surface area contributed by atoms with E-state index in [0.29, 0.717) is 0 Å². The number of hydrogen-bond donors (Lipinski definition) is 0. The number of nitrogens with zero attached hydrogens (tertiary/aromatic N) is 1. The zero-order valence-corrected chi connectivity index (χ0v) is 6.12. The third-order valence-corrected chi connectivity index (χ3v) is 1.25. The van der Waals surface area contributed by atoms with Crippen LogP contribution < -0.4 is 0 Å². The molecule has 1 rings (SSSR count). The summed E-state index contributed by atoms with van der Waals surface area (Å²) in [6.45, 7) is 2.12. The second-order valence-corrected chi connectivity index (χ2v) is 2.09. The summed E-state index contributed by atoms with van der Waals surface area (Å²) < 4.78 is 0. The molecule has 0 amide bonds. The molecule has 1 aromatic rings. The maximum Gasteiger partial charge on any atom is 0.0273 e. The predicted molar refractivity (Wildman–Crippen MR) is 43.6 cm³/mol. The summed E-state index contributed by atoms with van der Waals surface area (Å²) in [6.07, 6.45) is 8.92. The minimum Gasteiger partial charge on any atom is -0.265 e. The Bertz CT molecular complexity index is 201. The Balaban J connectivity index is 2.67. The fourth-order valence-electron chi connectivity index (χ4n) is 0.728. The number of pyridine rings is 1. The van der Waals surface area contributed by atoms with Gasteiger partial charge in [-0.3, -0.25) is 4.98 Å². The summed E-state index contributed by atoms with van der Waals surface area (Å²) in [5.41, 5.74) is 1.22. The zero-order chi connectivity index (χ0) is 7.23. The van der Waals surface area contributed by atoms with E-state index in [1.165, 1.54) is 5.56 Å². The summed E-state index contributed by atoms with van der Waals surface area (Å²) >= 11 is 0. The van der Waals surface area contributed by atoms with Gasteiger partial charge in [0.2, 0.25) is 0 Å². The van der Waals surface area contributed by atoms with Gasteiger partial charge in [0.25, 0.3) is 0 Å². The van der Waals surface area contributed by atoms with Gasteiger partial charge in [0, 0.05) is 12.4 Å². The van der Waals surface area contributed by atoms with Gasteiger partial charge in [-0.2, -0.15) is 0 Å². The van der Waals surface area contributed by atoms with E-state index < -0.39 is 0 Å². The molecule has 0 aliphatic carbocycles. The Labute approximate surface area is 61.4 Å². The lowest BCUT2D eigenvalue weighted by molar-refractivity contribution is 1.23. The maximum atomic E-state index is 3.92. The van der Waals surface area contributed by atoms with Crippen molar-refractivity contribution >= 4 is 6.08 Å². The summed E-state index contributed by atoms with van der Waals surface area (Å²) in [5, 5.41) is 0. The van der Waals surface area contributed by atoms with Crippen molar-refractivity contribution in [2.24, 2.45) is 0 Å². The Morgan fingerprint density at radius 2 is 2.10 bits per heavy atom. The van der Waals surface area contributed by atoms with Crippen LogP contribution in [0, 0.1) is 0 Å². The van der Waals surface area contributed by atoms with Crippen LogP contribution in [0.15, 0.2) is 30.6 Å². The van der Waals surface area contributed by atoms with E-state index in [2.05, 4.69) is 24.1 Å². The Hall–Kier alpha value is -1.11. The summed E-state index contributed by atoms with van der Waals surface area (Å²) in [7, 11) is 0. The summed E-state index contributed by atoms with van der Waals surface area (Å²) in [6, 6.07) is 3.98. The molecule has 0 radical (unpaired) electrons. The second-order valence-electron chi connectivity index (χ2n) is 2.09. The van der Waals surface area contributed by atoms with Crippen molar-refractivity contribution in [3.8, 4) is 0 Å². The number of rotatable bonds is 2. The van der Waals surface area contributed by atoms with Crippen molar-refractivity contribution in [1.29, 1.82) is 0 Å². The minimum absolute atomic E-state index is 1.09. The first-order chi connectivity index (χ1) is 4.93. The van der Waals surface area contributed by atoms with Gasteiger partial charge in [0.15, 0.2) is 0 Å². The van der Waals surface area contributed by atoms with Gasteiger partial charge in [-0.15, -0.1) is 0 Å². The smallest absolute Gasteiger partial charge is 0.0273 e. The summed E-state index contributed by atoms with van der Waals surface area (Å²) in [4.78, 5) is 3.92. The molecule has 1 heteroatoms. The van der Waals surface area contributed by atoms with E-state index >= 15 is 0 Å². The molecule has 0 atom stereocenters. The molecule has 1 heterocycles. The van der Waals surface area contributed by atoms with Gasteiger partial charge < -0.3 is 0 Å². The van der Waals surface area contributed by atoms with Crippen LogP contribution in [0.1, 0.15) is 18.9 Å². The van der Waals surface area contributed by atoms with Crippen molar-refractivity contribution in [3.05, 3.63) is 36.2 Å². The van der Waals surface area contributed by atoms with Crippen molar-refractivity contribution < 1.29 is 0 Å². The molecule has 0 aliphatic rings.